The number of rotatable bonds is 1. The van der Waals surface area contributed by atoms with Crippen LogP contribution in [0.4, 0.5) is 4.39 Å². The average molecular weight is 182 g/mol. The molecule has 0 aromatic rings. The van der Waals surface area contributed by atoms with Crippen molar-refractivity contribution in [3.05, 3.63) is 0 Å². The number of ether oxygens (including phenoxy) is 1. The van der Waals surface area contributed by atoms with Crippen molar-refractivity contribution >= 4 is 0 Å². The SMILES string of the molecule is O[C@@H]1[C@H](O)CO[C@@](O)(CF)[C@H]1O. The van der Waals surface area contributed by atoms with E-state index in [0.717, 1.165) is 0 Å². The minimum Gasteiger partial charge on any atom is -0.388 e. The van der Waals surface area contributed by atoms with Crippen LogP contribution in [0.25, 0.3) is 0 Å². The summed E-state index contributed by atoms with van der Waals surface area (Å²) in [5, 5.41) is 36.1. The van der Waals surface area contributed by atoms with Crippen LogP contribution >= 0.6 is 0 Å². The molecule has 0 radical (unpaired) electrons. The lowest BCUT2D eigenvalue weighted by Gasteiger charge is -2.39. The fourth-order valence-electron chi connectivity index (χ4n) is 1.01. The molecule has 72 valence electrons. The smallest absolute Gasteiger partial charge is 0.224 e. The molecule has 6 heteroatoms. The van der Waals surface area contributed by atoms with E-state index in [1.165, 1.54) is 0 Å². The van der Waals surface area contributed by atoms with E-state index < -0.39 is 37.4 Å². The first-order valence-electron chi connectivity index (χ1n) is 3.48. The number of alkyl halides is 1. The molecule has 0 amide bonds. The molecule has 12 heavy (non-hydrogen) atoms. The van der Waals surface area contributed by atoms with Gasteiger partial charge in [-0.2, -0.15) is 0 Å². The molecule has 4 N–H and O–H groups in total. The van der Waals surface area contributed by atoms with E-state index >= 15 is 0 Å². The quantitative estimate of drug-likeness (QED) is 0.368. The van der Waals surface area contributed by atoms with Crippen LogP contribution in [-0.4, -0.2) is 57.8 Å². The zero-order valence-electron chi connectivity index (χ0n) is 6.22. The highest BCUT2D eigenvalue weighted by Crippen LogP contribution is 2.23. The van der Waals surface area contributed by atoms with Gasteiger partial charge in [-0.15, -0.1) is 0 Å². The Morgan fingerprint density at radius 1 is 1.42 bits per heavy atom. The summed E-state index contributed by atoms with van der Waals surface area (Å²) in [6, 6.07) is 0. The van der Waals surface area contributed by atoms with Crippen molar-refractivity contribution in [2.75, 3.05) is 13.3 Å². The Bertz CT molecular complexity index is 166. The van der Waals surface area contributed by atoms with Gasteiger partial charge in [0.25, 0.3) is 0 Å². The molecule has 5 nitrogen and oxygen atoms in total. The van der Waals surface area contributed by atoms with Gasteiger partial charge >= 0.3 is 0 Å². The van der Waals surface area contributed by atoms with Gasteiger partial charge in [0, 0.05) is 0 Å². The Morgan fingerprint density at radius 3 is 2.50 bits per heavy atom. The highest BCUT2D eigenvalue weighted by molar-refractivity contribution is 4.91. The molecule has 0 saturated carbocycles. The highest BCUT2D eigenvalue weighted by Gasteiger charge is 2.48. The standard InChI is InChI=1S/C6H11FO5/c7-2-6(11)5(10)4(9)3(8)1-12-6/h3-5,8-11H,1-2H2/t3-,4-,5+,6+/m1/s1. The molecule has 0 spiro atoms. The maximum absolute atomic E-state index is 12.1. The van der Waals surface area contributed by atoms with Crippen LogP contribution in [0, 0.1) is 0 Å². The molecule has 4 atom stereocenters. The normalized spacial score (nSPS) is 49.2. The maximum Gasteiger partial charge on any atom is 0.224 e. The summed E-state index contributed by atoms with van der Waals surface area (Å²) in [6.45, 7) is -1.74. The lowest BCUT2D eigenvalue weighted by atomic mass is 9.98. The molecule has 0 unspecified atom stereocenters. The second-order valence-electron chi connectivity index (χ2n) is 2.79. The van der Waals surface area contributed by atoms with Crippen molar-refractivity contribution in [1.29, 1.82) is 0 Å². The highest BCUT2D eigenvalue weighted by atomic mass is 19.1. The Hall–Kier alpha value is -0.270. The van der Waals surface area contributed by atoms with E-state index in [4.69, 9.17) is 20.4 Å². The third-order valence-electron chi connectivity index (χ3n) is 1.88. The average Bonchev–Trinajstić information content (AvgIpc) is 2.09. The Labute approximate surface area is 68.0 Å². The van der Waals surface area contributed by atoms with Crippen molar-refractivity contribution in [2.24, 2.45) is 0 Å². The van der Waals surface area contributed by atoms with Crippen molar-refractivity contribution in [2.45, 2.75) is 24.1 Å². The third kappa shape index (κ3) is 1.44. The first-order chi connectivity index (χ1) is 5.51. The summed E-state index contributed by atoms with van der Waals surface area (Å²) >= 11 is 0. The minimum absolute atomic E-state index is 0.404. The Kier molecular flexibility index (Phi) is 2.64. The van der Waals surface area contributed by atoms with Crippen LogP contribution in [0.1, 0.15) is 0 Å². The molecule has 1 heterocycles. The van der Waals surface area contributed by atoms with Gasteiger partial charge in [0.15, 0.2) is 0 Å². The van der Waals surface area contributed by atoms with Gasteiger partial charge in [-0.3, -0.25) is 0 Å². The molecule has 1 saturated heterocycles. The lowest BCUT2D eigenvalue weighted by Crippen LogP contribution is -2.61. The van der Waals surface area contributed by atoms with E-state index in [0.29, 0.717) is 0 Å². The number of halogens is 1. The van der Waals surface area contributed by atoms with Gasteiger partial charge in [0.1, 0.15) is 25.0 Å². The second kappa shape index (κ2) is 3.23. The molecule has 0 aromatic carbocycles. The van der Waals surface area contributed by atoms with E-state index in [9.17, 15) is 4.39 Å². The number of aliphatic hydroxyl groups excluding tert-OH is 3. The summed E-state index contributed by atoms with van der Waals surface area (Å²) in [7, 11) is 0. The van der Waals surface area contributed by atoms with Crippen molar-refractivity contribution in [3.8, 4) is 0 Å². The van der Waals surface area contributed by atoms with Crippen LogP contribution in [0.3, 0.4) is 0 Å². The van der Waals surface area contributed by atoms with Gasteiger partial charge in [-0.1, -0.05) is 0 Å². The zero-order valence-corrected chi connectivity index (χ0v) is 6.22. The van der Waals surface area contributed by atoms with Gasteiger partial charge in [-0.25, -0.2) is 4.39 Å². The van der Waals surface area contributed by atoms with Gasteiger partial charge in [-0.05, 0) is 0 Å². The van der Waals surface area contributed by atoms with E-state index in [1.54, 1.807) is 0 Å². The van der Waals surface area contributed by atoms with E-state index in [-0.39, 0.29) is 0 Å². The van der Waals surface area contributed by atoms with Crippen LogP contribution in [0.5, 0.6) is 0 Å². The largest absolute Gasteiger partial charge is 0.388 e. The number of hydrogen-bond donors (Lipinski definition) is 4. The fraction of sp³-hybridized carbons (Fsp3) is 1.00. The summed E-state index contributed by atoms with van der Waals surface area (Å²) < 4.78 is 16.5. The van der Waals surface area contributed by atoms with Gasteiger partial charge in [0.05, 0.1) is 6.61 Å². The minimum atomic E-state index is -2.39. The van der Waals surface area contributed by atoms with E-state index in [2.05, 4.69) is 4.74 Å². The predicted octanol–water partition coefficient (Wildman–Crippen LogP) is -2.24. The zero-order chi connectivity index (χ0) is 9.35. The van der Waals surface area contributed by atoms with Crippen LogP contribution in [-0.2, 0) is 4.74 Å². The molecule has 1 aliphatic rings. The van der Waals surface area contributed by atoms with E-state index in [1.807, 2.05) is 0 Å². The van der Waals surface area contributed by atoms with Crippen LogP contribution in [0.15, 0.2) is 0 Å². The Balaban J connectivity index is 2.71. The predicted molar refractivity (Wildman–Crippen MR) is 34.9 cm³/mol. The summed E-state index contributed by atoms with van der Waals surface area (Å²) in [6.07, 6.45) is -4.71. The number of aliphatic hydroxyl groups is 4. The first-order valence-corrected chi connectivity index (χ1v) is 3.48. The molecular formula is C6H11FO5. The van der Waals surface area contributed by atoms with Crippen molar-refractivity contribution in [1.82, 2.24) is 0 Å². The molecule has 1 rings (SSSR count). The summed E-state index contributed by atoms with van der Waals surface area (Å²) in [5.74, 6) is -2.39. The molecule has 1 aliphatic heterocycles. The third-order valence-corrected chi connectivity index (χ3v) is 1.88. The van der Waals surface area contributed by atoms with Gasteiger partial charge < -0.3 is 25.2 Å². The summed E-state index contributed by atoms with van der Waals surface area (Å²) in [4.78, 5) is 0. The van der Waals surface area contributed by atoms with Crippen molar-refractivity contribution in [3.63, 3.8) is 0 Å². The summed E-state index contributed by atoms with van der Waals surface area (Å²) in [5.41, 5.74) is 0. The number of hydrogen-bond acceptors (Lipinski definition) is 5. The lowest BCUT2D eigenvalue weighted by molar-refractivity contribution is -0.325. The van der Waals surface area contributed by atoms with Gasteiger partial charge in [0.2, 0.25) is 5.79 Å². The molecule has 0 aliphatic carbocycles. The van der Waals surface area contributed by atoms with Crippen molar-refractivity contribution < 1.29 is 29.6 Å². The Morgan fingerprint density at radius 2 is 2.00 bits per heavy atom. The van der Waals surface area contributed by atoms with Crippen LogP contribution in [0.2, 0.25) is 0 Å². The van der Waals surface area contributed by atoms with Crippen LogP contribution < -0.4 is 0 Å². The maximum atomic E-state index is 12.1. The molecular weight excluding hydrogens is 171 g/mol. The molecule has 1 fully saturated rings. The second-order valence-corrected chi connectivity index (χ2v) is 2.79. The fourth-order valence-corrected chi connectivity index (χ4v) is 1.01. The molecule has 0 bridgehead atoms. The molecule has 0 aromatic heterocycles. The monoisotopic (exact) mass is 182 g/mol. The topological polar surface area (TPSA) is 90.2 Å². The first kappa shape index (κ1) is 9.82.